The molecule has 0 bridgehead atoms. The lowest BCUT2D eigenvalue weighted by atomic mass is 9.87. The van der Waals surface area contributed by atoms with Crippen molar-refractivity contribution in [2.75, 3.05) is 0 Å². The van der Waals surface area contributed by atoms with Crippen LogP contribution in [0.4, 0.5) is 0 Å². The standard InChI is InChI=1S/C23H28N2O3/c1-16(2)28-22(26)14-25-20-9-7-6-8-19(20)24-21(25)15-27-18-12-10-17(11-13-18)23(3,4)5/h6-13,16H,14-15H2,1-5H3. The van der Waals surface area contributed by atoms with Crippen molar-refractivity contribution in [2.24, 2.45) is 0 Å². The van der Waals surface area contributed by atoms with Gasteiger partial charge in [-0.2, -0.15) is 0 Å². The molecule has 0 aliphatic carbocycles. The zero-order valence-corrected chi connectivity index (χ0v) is 17.2. The molecule has 28 heavy (non-hydrogen) atoms. The van der Waals surface area contributed by atoms with Crippen LogP contribution in [-0.2, 0) is 28.1 Å². The number of carbonyl (C=O) groups excluding carboxylic acids is 1. The molecule has 0 atom stereocenters. The molecule has 0 aliphatic heterocycles. The van der Waals surface area contributed by atoms with Crippen molar-refractivity contribution >= 4 is 17.0 Å². The fourth-order valence-electron chi connectivity index (χ4n) is 3.04. The first kappa shape index (κ1) is 19.9. The minimum Gasteiger partial charge on any atom is -0.486 e. The van der Waals surface area contributed by atoms with Crippen LogP contribution in [0.2, 0.25) is 0 Å². The van der Waals surface area contributed by atoms with E-state index in [1.54, 1.807) is 0 Å². The second-order valence-corrected chi connectivity index (χ2v) is 8.20. The molecule has 148 valence electrons. The number of fused-ring (bicyclic) bond motifs is 1. The van der Waals surface area contributed by atoms with Gasteiger partial charge in [-0.3, -0.25) is 4.79 Å². The molecule has 0 saturated carbocycles. The Labute approximate surface area is 166 Å². The Kier molecular flexibility index (Phi) is 5.73. The van der Waals surface area contributed by atoms with E-state index in [0.717, 1.165) is 16.8 Å². The van der Waals surface area contributed by atoms with Gasteiger partial charge in [0.05, 0.1) is 17.1 Å². The molecular weight excluding hydrogens is 352 g/mol. The van der Waals surface area contributed by atoms with E-state index in [1.165, 1.54) is 5.56 Å². The Morgan fingerprint density at radius 1 is 1.07 bits per heavy atom. The maximum atomic E-state index is 12.2. The SMILES string of the molecule is CC(C)OC(=O)Cn1c(COc2ccc(C(C)(C)C)cc2)nc2ccccc21. The average Bonchev–Trinajstić information content (AvgIpc) is 2.96. The number of carbonyl (C=O) groups is 1. The lowest BCUT2D eigenvalue weighted by Gasteiger charge is -2.19. The number of ether oxygens (including phenoxy) is 2. The first-order valence-electron chi connectivity index (χ1n) is 9.61. The van der Waals surface area contributed by atoms with Crippen molar-refractivity contribution in [3.05, 3.63) is 59.9 Å². The Morgan fingerprint density at radius 2 is 1.75 bits per heavy atom. The number of aromatic nitrogens is 2. The number of imidazole rings is 1. The maximum Gasteiger partial charge on any atom is 0.326 e. The minimum atomic E-state index is -0.283. The molecule has 0 unspecified atom stereocenters. The number of hydrogen-bond acceptors (Lipinski definition) is 4. The molecule has 0 aliphatic rings. The molecular formula is C23H28N2O3. The topological polar surface area (TPSA) is 53.4 Å². The Morgan fingerprint density at radius 3 is 2.39 bits per heavy atom. The van der Waals surface area contributed by atoms with Crippen molar-refractivity contribution in [3.8, 4) is 5.75 Å². The normalized spacial score (nSPS) is 11.8. The number of rotatable bonds is 6. The van der Waals surface area contributed by atoms with E-state index in [-0.39, 0.29) is 30.6 Å². The predicted molar refractivity (Wildman–Crippen MR) is 110 cm³/mol. The Balaban J connectivity index is 1.80. The molecule has 1 aromatic heterocycles. The summed E-state index contributed by atoms with van der Waals surface area (Å²) in [5.74, 6) is 1.19. The van der Waals surface area contributed by atoms with Crippen LogP contribution in [0, 0.1) is 0 Å². The predicted octanol–water partition coefficient (Wildman–Crippen LogP) is 4.86. The van der Waals surface area contributed by atoms with Gasteiger partial charge in [0.2, 0.25) is 0 Å². The third kappa shape index (κ3) is 4.71. The van der Waals surface area contributed by atoms with Crippen LogP contribution < -0.4 is 4.74 Å². The highest BCUT2D eigenvalue weighted by molar-refractivity contribution is 5.79. The molecule has 0 fully saturated rings. The summed E-state index contributed by atoms with van der Waals surface area (Å²) in [7, 11) is 0. The minimum absolute atomic E-state index is 0.100. The zero-order chi connectivity index (χ0) is 20.3. The average molecular weight is 380 g/mol. The van der Waals surface area contributed by atoms with Gasteiger partial charge in [-0.1, -0.05) is 45.0 Å². The highest BCUT2D eigenvalue weighted by Crippen LogP contribution is 2.25. The lowest BCUT2D eigenvalue weighted by Crippen LogP contribution is -2.19. The van der Waals surface area contributed by atoms with Crippen LogP contribution >= 0.6 is 0 Å². The zero-order valence-electron chi connectivity index (χ0n) is 17.2. The molecule has 0 radical (unpaired) electrons. The van der Waals surface area contributed by atoms with Crippen LogP contribution in [0.3, 0.4) is 0 Å². The Bertz CT molecular complexity index is 950. The van der Waals surface area contributed by atoms with E-state index in [2.05, 4.69) is 37.9 Å². The summed E-state index contributed by atoms with van der Waals surface area (Å²) >= 11 is 0. The van der Waals surface area contributed by atoms with Gasteiger partial charge in [0.25, 0.3) is 0 Å². The number of esters is 1. The monoisotopic (exact) mass is 380 g/mol. The van der Waals surface area contributed by atoms with Crippen LogP contribution in [0.25, 0.3) is 11.0 Å². The fraction of sp³-hybridized carbons (Fsp3) is 0.391. The summed E-state index contributed by atoms with van der Waals surface area (Å²) in [6.07, 6.45) is -0.150. The van der Waals surface area contributed by atoms with Crippen LogP contribution in [0.1, 0.15) is 46.0 Å². The molecule has 0 amide bonds. The van der Waals surface area contributed by atoms with E-state index in [0.29, 0.717) is 5.82 Å². The number of benzene rings is 2. The van der Waals surface area contributed by atoms with Crippen molar-refractivity contribution in [2.45, 2.75) is 59.3 Å². The van der Waals surface area contributed by atoms with Gasteiger partial charge < -0.3 is 14.0 Å². The second kappa shape index (κ2) is 8.05. The number of nitrogens with zero attached hydrogens (tertiary/aromatic N) is 2. The quantitative estimate of drug-likeness (QED) is 0.573. The van der Waals surface area contributed by atoms with Crippen molar-refractivity contribution in [1.82, 2.24) is 9.55 Å². The van der Waals surface area contributed by atoms with Gasteiger partial charge in [0.1, 0.15) is 24.7 Å². The molecule has 0 spiro atoms. The summed E-state index contributed by atoms with van der Waals surface area (Å²) in [4.78, 5) is 16.9. The maximum absolute atomic E-state index is 12.2. The molecule has 2 aromatic carbocycles. The molecule has 0 N–H and O–H groups in total. The van der Waals surface area contributed by atoms with Gasteiger partial charge in [0, 0.05) is 0 Å². The molecule has 5 nitrogen and oxygen atoms in total. The summed E-state index contributed by atoms with van der Waals surface area (Å²) in [6, 6.07) is 15.9. The summed E-state index contributed by atoms with van der Waals surface area (Å²) < 4.78 is 13.1. The molecule has 3 aromatic rings. The highest BCUT2D eigenvalue weighted by Gasteiger charge is 2.16. The first-order chi connectivity index (χ1) is 13.2. The van der Waals surface area contributed by atoms with Crippen molar-refractivity contribution in [1.29, 1.82) is 0 Å². The summed E-state index contributed by atoms with van der Waals surface area (Å²) in [5, 5.41) is 0. The summed E-state index contributed by atoms with van der Waals surface area (Å²) in [5.41, 5.74) is 3.08. The van der Waals surface area contributed by atoms with Gasteiger partial charge in [-0.05, 0) is 49.1 Å². The first-order valence-corrected chi connectivity index (χ1v) is 9.61. The van der Waals surface area contributed by atoms with Gasteiger partial charge in [-0.15, -0.1) is 0 Å². The van der Waals surface area contributed by atoms with Gasteiger partial charge in [0.15, 0.2) is 0 Å². The smallest absolute Gasteiger partial charge is 0.326 e. The summed E-state index contributed by atoms with van der Waals surface area (Å²) in [6.45, 7) is 10.6. The molecule has 5 heteroatoms. The second-order valence-electron chi connectivity index (χ2n) is 8.20. The van der Waals surface area contributed by atoms with Crippen LogP contribution in [0.15, 0.2) is 48.5 Å². The van der Waals surface area contributed by atoms with E-state index in [9.17, 15) is 4.79 Å². The van der Waals surface area contributed by atoms with E-state index >= 15 is 0 Å². The van der Waals surface area contributed by atoms with Gasteiger partial charge >= 0.3 is 5.97 Å². The van der Waals surface area contributed by atoms with E-state index < -0.39 is 0 Å². The van der Waals surface area contributed by atoms with Crippen LogP contribution in [-0.4, -0.2) is 21.6 Å². The fourth-order valence-corrected chi connectivity index (χ4v) is 3.04. The largest absolute Gasteiger partial charge is 0.486 e. The number of para-hydroxylation sites is 2. The number of hydrogen-bond donors (Lipinski definition) is 0. The van der Waals surface area contributed by atoms with Crippen LogP contribution in [0.5, 0.6) is 5.75 Å². The molecule has 1 heterocycles. The molecule has 3 rings (SSSR count). The van der Waals surface area contributed by atoms with Gasteiger partial charge in [-0.25, -0.2) is 4.98 Å². The lowest BCUT2D eigenvalue weighted by molar-refractivity contribution is -0.148. The van der Waals surface area contributed by atoms with Crippen molar-refractivity contribution in [3.63, 3.8) is 0 Å². The molecule has 0 saturated heterocycles. The highest BCUT2D eigenvalue weighted by atomic mass is 16.5. The van der Waals surface area contributed by atoms with E-state index in [4.69, 9.17) is 9.47 Å². The van der Waals surface area contributed by atoms with Crippen molar-refractivity contribution < 1.29 is 14.3 Å². The van der Waals surface area contributed by atoms with E-state index in [1.807, 2.05) is 54.8 Å². The third-order valence-corrected chi connectivity index (χ3v) is 4.48. The Hall–Kier alpha value is -2.82. The third-order valence-electron chi connectivity index (χ3n) is 4.48.